The van der Waals surface area contributed by atoms with E-state index in [0.29, 0.717) is 5.69 Å². The molecule has 1 saturated heterocycles. The second kappa shape index (κ2) is 5.18. The number of aliphatic carboxylic acids is 1. The fourth-order valence-corrected chi connectivity index (χ4v) is 4.07. The van der Waals surface area contributed by atoms with E-state index in [-0.39, 0.29) is 18.1 Å². The molecule has 1 aromatic rings. The van der Waals surface area contributed by atoms with E-state index in [1.54, 1.807) is 30.3 Å². The average molecular weight is 285 g/mol. The summed E-state index contributed by atoms with van der Waals surface area (Å²) >= 11 is 0. The molecule has 0 bridgehead atoms. The zero-order valence-electron chi connectivity index (χ0n) is 10.1. The molecule has 2 N–H and O–H groups in total. The summed E-state index contributed by atoms with van der Waals surface area (Å²) in [5, 5.41) is 18.8. The smallest absolute Gasteiger partial charge is 0.323 e. The summed E-state index contributed by atoms with van der Waals surface area (Å²) in [5.74, 6) is -1.61. The van der Waals surface area contributed by atoms with Crippen molar-refractivity contribution in [2.75, 3.05) is 23.0 Å². The Morgan fingerprint density at radius 1 is 1.26 bits per heavy atom. The monoisotopic (exact) mass is 285 g/mol. The van der Waals surface area contributed by atoms with Gasteiger partial charge >= 0.3 is 5.97 Å². The Balaban J connectivity index is 2.31. The van der Waals surface area contributed by atoms with Crippen molar-refractivity contribution in [1.82, 2.24) is 0 Å². The third kappa shape index (κ3) is 3.24. The number of rotatable bonds is 4. The quantitative estimate of drug-likeness (QED) is 0.791. The van der Waals surface area contributed by atoms with E-state index in [0.717, 1.165) is 0 Å². The Bertz CT molecular complexity index is 557. The third-order valence-electron chi connectivity index (χ3n) is 3.09. The number of hydrogen-bond donors (Lipinski definition) is 2. The highest BCUT2D eigenvalue weighted by Gasteiger charge is 2.40. The Morgan fingerprint density at radius 2 is 1.89 bits per heavy atom. The minimum absolute atomic E-state index is 0.226. The maximum Gasteiger partial charge on any atom is 0.323 e. The van der Waals surface area contributed by atoms with Crippen molar-refractivity contribution in [2.45, 2.75) is 12.1 Å². The van der Waals surface area contributed by atoms with Gasteiger partial charge in [0.15, 0.2) is 9.84 Å². The minimum Gasteiger partial charge on any atom is -0.480 e. The zero-order chi connectivity index (χ0) is 14.0. The van der Waals surface area contributed by atoms with Crippen LogP contribution in [0.5, 0.6) is 0 Å². The van der Waals surface area contributed by atoms with Gasteiger partial charge in [0.2, 0.25) is 0 Å². The molecule has 0 amide bonds. The van der Waals surface area contributed by atoms with E-state index < -0.39 is 28.0 Å². The molecule has 6 nitrogen and oxygen atoms in total. The van der Waals surface area contributed by atoms with Crippen LogP contribution in [0.15, 0.2) is 30.3 Å². The fourth-order valence-electron chi connectivity index (χ4n) is 2.27. The number of benzene rings is 1. The Hall–Kier alpha value is -1.60. The van der Waals surface area contributed by atoms with Gasteiger partial charge in [0.1, 0.15) is 6.54 Å². The molecule has 1 heterocycles. The molecular formula is C12H15NO5S. The van der Waals surface area contributed by atoms with Gasteiger partial charge in [-0.05, 0) is 12.1 Å². The number of carboxylic acid groups (broad SMARTS) is 1. The molecule has 1 aliphatic rings. The molecule has 1 fully saturated rings. The van der Waals surface area contributed by atoms with Gasteiger partial charge in [0.25, 0.3) is 0 Å². The van der Waals surface area contributed by atoms with Crippen LogP contribution >= 0.6 is 0 Å². The van der Waals surface area contributed by atoms with Gasteiger partial charge in [-0.2, -0.15) is 0 Å². The van der Waals surface area contributed by atoms with E-state index in [2.05, 4.69) is 0 Å². The van der Waals surface area contributed by atoms with E-state index in [1.165, 1.54) is 4.90 Å². The molecule has 1 aromatic carbocycles. The van der Waals surface area contributed by atoms with Gasteiger partial charge in [-0.25, -0.2) is 8.42 Å². The molecule has 0 aliphatic carbocycles. The molecular weight excluding hydrogens is 270 g/mol. The molecule has 0 aromatic heterocycles. The van der Waals surface area contributed by atoms with Crippen molar-refractivity contribution in [1.29, 1.82) is 0 Å². The maximum atomic E-state index is 11.5. The van der Waals surface area contributed by atoms with Crippen LogP contribution in [-0.4, -0.2) is 54.8 Å². The molecule has 7 heteroatoms. The molecule has 0 radical (unpaired) electrons. The standard InChI is InChI=1S/C12H15NO5S/c14-11-8-19(17,18)7-10(11)13(6-12(15)16)9-4-2-1-3-5-9/h1-5,10-11,14H,6-8H2,(H,15,16). The van der Waals surface area contributed by atoms with Gasteiger partial charge in [-0.1, -0.05) is 18.2 Å². The van der Waals surface area contributed by atoms with Crippen LogP contribution in [0.2, 0.25) is 0 Å². The van der Waals surface area contributed by atoms with Gasteiger partial charge < -0.3 is 15.1 Å². The lowest BCUT2D eigenvalue weighted by atomic mass is 10.1. The molecule has 104 valence electrons. The number of anilines is 1. The molecule has 19 heavy (non-hydrogen) atoms. The van der Waals surface area contributed by atoms with Crippen molar-refractivity contribution >= 4 is 21.5 Å². The lowest BCUT2D eigenvalue weighted by Gasteiger charge is -2.30. The number of para-hydroxylation sites is 1. The summed E-state index contributed by atoms with van der Waals surface area (Å²) in [6.45, 7) is -0.346. The highest BCUT2D eigenvalue weighted by molar-refractivity contribution is 7.91. The molecule has 1 aliphatic heterocycles. The van der Waals surface area contributed by atoms with Crippen LogP contribution in [0, 0.1) is 0 Å². The average Bonchev–Trinajstić information content (AvgIpc) is 2.60. The largest absolute Gasteiger partial charge is 0.480 e. The summed E-state index contributed by atoms with van der Waals surface area (Å²) in [4.78, 5) is 12.4. The van der Waals surface area contributed by atoms with E-state index in [4.69, 9.17) is 5.11 Å². The number of nitrogens with zero attached hydrogens (tertiary/aromatic N) is 1. The number of aliphatic hydroxyl groups excluding tert-OH is 1. The Labute approximate surface area is 111 Å². The number of sulfone groups is 1. The lowest BCUT2D eigenvalue weighted by Crippen LogP contribution is -2.45. The lowest BCUT2D eigenvalue weighted by molar-refractivity contribution is -0.135. The van der Waals surface area contributed by atoms with Crippen LogP contribution in [-0.2, 0) is 14.6 Å². The number of aliphatic hydroxyl groups is 1. The molecule has 2 unspecified atom stereocenters. The number of carbonyl (C=O) groups is 1. The van der Waals surface area contributed by atoms with Crippen molar-refractivity contribution in [3.8, 4) is 0 Å². The van der Waals surface area contributed by atoms with Gasteiger partial charge in [0.05, 0.1) is 23.7 Å². The summed E-state index contributed by atoms with van der Waals surface area (Å²) in [6, 6.07) is 7.93. The Morgan fingerprint density at radius 3 is 2.37 bits per heavy atom. The third-order valence-corrected chi connectivity index (χ3v) is 4.79. The van der Waals surface area contributed by atoms with Crippen molar-refractivity contribution in [2.24, 2.45) is 0 Å². The zero-order valence-corrected chi connectivity index (χ0v) is 11.0. The normalized spacial score (nSPS) is 25.1. The molecule has 2 rings (SSSR count). The number of carboxylic acids is 1. The van der Waals surface area contributed by atoms with Crippen LogP contribution in [0.1, 0.15) is 0 Å². The maximum absolute atomic E-state index is 11.5. The summed E-state index contributed by atoms with van der Waals surface area (Å²) in [7, 11) is -3.32. The van der Waals surface area contributed by atoms with Crippen molar-refractivity contribution in [3.63, 3.8) is 0 Å². The van der Waals surface area contributed by atoms with Gasteiger partial charge in [0, 0.05) is 5.69 Å². The van der Waals surface area contributed by atoms with Crippen molar-refractivity contribution in [3.05, 3.63) is 30.3 Å². The first-order valence-corrected chi connectivity index (χ1v) is 7.63. The first kappa shape index (κ1) is 13.8. The SMILES string of the molecule is O=C(O)CN(c1ccccc1)C1CS(=O)(=O)CC1O. The summed E-state index contributed by atoms with van der Waals surface area (Å²) in [5.41, 5.74) is 0.589. The fraction of sp³-hybridized carbons (Fsp3) is 0.417. The first-order chi connectivity index (χ1) is 8.89. The molecule has 0 spiro atoms. The highest BCUT2D eigenvalue weighted by Crippen LogP contribution is 2.24. The van der Waals surface area contributed by atoms with Crippen LogP contribution < -0.4 is 4.90 Å². The van der Waals surface area contributed by atoms with E-state index in [9.17, 15) is 18.3 Å². The number of hydrogen-bond acceptors (Lipinski definition) is 5. The molecule has 0 saturated carbocycles. The van der Waals surface area contributed by atoms with Gasteiger partial charge in [-0.3, -0.25) is 4.79 Å². The highest BCUT2D eigenvalue weighted by atomic mass is 32.2. The summed E-state index contributed by atoms with van der Waals surface area (Å²) in [6.07, 6.45) is -1.07. The van der Waals surface area contributed by atoms with E-state index in [1.807, 2.05) is 0 Å². The van der Waals surface area contributed by atoms with Crippen molar-refractivity contribution < 1.29 is 23.4 Å². The molecule has 2 atom stereocenters. The minimum atomic E-state index is -3.32. The topological polar surface area (TPSA) is 94.9 Å². The van der Waals surface area contributed by atoms with E-state index >= 15 is 0 Å². The van der Waals surface area contributed by atoms with Gasteiger partial charge in [-0.15, -0.1) is 0 Å². The second-order valence-corrected chi connectivity index (χ2v) is 6.72. The second-order valence-electron chi connectivity index (χ2n) is 4.57. The predicted octanol–water partition coefficient (Wildman–Crippen LogP) is -0.265. The van der Waals surface area contributed by atoms with Crippen LogP contribution in [0.25, 0.3) is 0 Å². The first-order valence-electron chi connectivity index (χ1n) is 5.81. The van der Waals surface area contributed by atoms with Crippen LogP contribution in [0.3, 0.4) is 0 Å². The predicted molar refractivity (Wildman–Crippen MR) is 69.9 cm³/mol. The van der Waals surface area contributed by atoms with Crippen LogP contribution in [0.4, 0.5) is 5.69 Å². The Kier molecular flexibility index (Phi) is 3.77. The summed E-state index contributed by atoms with van der Waals surface area (Å²) < 4.78 is 23.1.